The van der Waals surface area contributed by atoms with E-state index >= 15 is 0 Å². The molecule has 2 fully saturated rings. The number of fused-ring (bicyclic) bond motifs is 1. The molecule has 74 valence electrons. The Balaban J connectivity index is 1.66. The number of piperidine rings is 1. The normalized spacial score (nSPS) is 30.3. The smallest absolute Gasteiger partial charge is 0.115 e. The van der Waals surface area contributed by atoms with Crippen molar-refractivity contribution in [3.05, 3.63) is 29.8 Å². The predicted octanol–water partition coefficient (Wildman–Crippen LogP) is 1.84. The van der Waals surface area contributed by atoms with Gasteiger partial charge in [-0.05, 0) is 36.0 Å². The lowest BCUT2D eigenvalue weighted by Crippen LogP contribution is -2.21. The van der Waals surface area contributed by atoms with Gasteiger partial charge >= 0.3 is 0 Å². The van der Waals surface area contributed by atoms with E-state index in [0.717, 1.165) is 18.4 Å². The fraction of sp³-hybridized carbons (Fsp3) is 0.500. The Morgan fingerprint density at radius 3 is 2.79 bits per heavy atom. The molecule has 0 aromatic heterocycles. The highest BCUT2D eigenvalue weighted by atomic mass is 16.3. The monoisotopic (exact) mass is 189 g/mol. The molecule has 1 saturated heterocycles. The van der Waals surface area contributed by atoms with Gasteiger partial charge in [0, 0.05) is 19.6 Å². The van der Waals surface area contributed by atoms with Gasteiger partial charge in [0.25, 0.3) is 0 Å². The van der Waals surface area contributed by atoms with Crippen LogP contribution in [0.3, 0.4) is 0 Å². The molecule has 1 heterocycles. The minimum absolute atomic E-state index is 0.381. The van der Waals surface area contributed by atoms with Crippen molar-refractivity contribution >= 4 is 0 Å². The van der Waals surface area contributed by atoms with Crippen LogP contribution in [0.25, 0.3) is 0 Å². The number of benzene rings is 1. The molecule has 1 aliphatic carbocycles. The van der Waals surface area contributed by atoms with E-state index < -0.39 is 0 Å². The highest BCUT2D eigenvalue weighted by Gasteiger charge is 2.44. The van der Waals surface area contributed by atoms with Gasteiger partial charge < -0.3 is 5.11 Å². The van der Waals surface area contributed by atoms with Crippen molar-refractivity contribution in [3.8, 4) is 5.75 Å². The van der Waals surface area contributed by atoms with Crippen LogP contribution in [-0.2, 0) is 6.54 Å². The zero-order chi connectivity index (χ0) is 9.54. The van der Waals surface area contributed by atoms with E-state index in [9.17, 15) is 5.11 Å². The van der Waals surface area contributed by atoms with Crippen molar-refractivity contribution in [1.29, 1.82) is 0 Å². The molecule has 2 heteroatoms. The summed E-state index contributed by atoms with van der Waals surface area (Å²) in [5, 5.41) is 9.33. The molecule has 1 aliphatic heterocycles. The van der Waals surface area contributed by atoms with E-state index in [2.05, 4.69) is 11.0 Å². The van der Waals surface area contributed by atoms with Gasteiger partial charge in [-0.25, -0.2) is 0 Å². The molecule has 2 atom stereocenters. The van der Waals surface area contributed by atoms with Crippen LogP contribution >= 0.6 is 0 Å². The van der Waals surface area contributed by atoms with Crippen LogP contribution < -0.4 is 0 Å². The van der Waals surface area contributed by atoms with Crippen LogP contribution in [0.1, 0.15) is 12.0 Å². The Kier molecular flexibility index (Phi) is 1.77. The first kappa shape index (κ1) is 8.30. The van der Waals surface area contributed by atoms with Crippen molar-refractivity contribution in [2.24, 2.45) is 11.8 Å². The Hall–Kier alpha value is -1.02. The largest absolute Gasteiger partial charge is 0.508 e. The molecule has 0 radical (unpaired) electrons. The maximum atomic E-state index is 9.33. The molecular weight excluding hydrogens is 174 g/mol. The topological polar surface area (TPSA) is 23.5 Å². The lowest BCUT2D eigenvalue weighted by atomic mass is 10.2. The number of aromatic hydroxyl groups is 1. The predicted molar refractivity (Wildman–Crippen MR) is 55.0 cm³/mol. The number of likely N-dealkylation sites (tertiary alicyclic amines) is 1. The molecule has 1 saturated carbocycles. The first-order valence-electron chi connectivity index (χ1n) is 5.31. The first-order valence-corrected chi connectivity index (χ1v) is 5.31. The van der Waals surface area contributed by atoms with E-state index in [1.807, 2.05) is 12.1 Å². The number of nitrogens with zero attached hydrogens (tertiary/aromatic N) is 1. The number of hydrogen-bond acceptors (Lipinski definition) is 2. The minimum Gasteiger partial charge on any atom is -0.508 e. The van der Waals surface area contributed by atoms with Crippen LogP contribution in [-0.4, -0.2) is 23.1 Å². The molecule has 1 N–H and O–H groups in total. The molecule has 1 aromatic rings. The molecule has 1 aromatic carbocycles. The summed E-state index contributed by atoms with van der Waals surface area (Å²) in [5.74, 6) is 2.37. The average Bonchev–Trinajstić information content (AvgIpc) is 2.74. The third-order valence-corrected chi connectivity index (χ3v) is 3.37. The summed E-state index contributed by atoms with van der Waals surface area (Å²) < 4.78 is 0. The van der Waals surface area contributed by atoms with Gasteiger partial charge in [-0.1, -0.05) is 12.1 Å². The molecule has 0 spiro atoms. The van der Waals surface area contributed by atoms with Gasteiger partial charge in [0.2, 0.25) is 0 Å². The van der Waals surface area contributed by atoms with Gasteiger partial charge in [0.05, 0.1) is 0 Å². The minimum atomic E-state index is 0.381. The summed E-state index contributed by atoms with van der Waals surface area (Å²) in [4.78, 5) is 2.49. The second-order valence-corrected chi connectivity index (χ2v) is 4.62. The highest BCUT2D eigenvalue weighted by molar-refractivity contribution is 5.27. The summed E-state index contributed by atoms with van der Waals surface area (Å²) in [6.45, 7) is 3.53. The Morgan fingerprint density at radius 1 is 1.29 bits per heavy atom. The number of phenolic OH excluding ortho intramolecular Hbond substituents is 1. The lowest BCUT2D eigenvalue weighted by Gasteiger charge is -2.17. The van der Waals surface area contributed by atoms with Crippen molar-refractivity contribution in [1.82, 2.24) is 4.90 Å². The van der Waals surface area contributed by atoms with Crippen molar-refractivity contribution in [3.63, 3.8) is 0 Å². The summed E-state index contributed by atoms with van der Waals surface area (Å²) in [6, 6.07) is 7.60. The van der Waals surface area contributed by atoms with E-state index in [0.29, 0.717) is 5.75 Å². The molecule has 2 nitrogen and oxygen atoms in total. The number of phenols is 1. The van der Waals surface area contributed by atoms with Gasteiger partial charge in [-0.2, -0.15) is 0 Å². The number of hydrogen-bond donors (Lipinski definition) is 1. The maximum absolute atomic E-state index is 9.33. The fourth-order valence-electron chi connectivity index (χ4n) is 2.54. The van der Waals surface area contributed by atoms with Gasteiger partial charge in [-0.3, -0.25) is 4.90 Å². The molecule has 0 bridgehead atoms. The molecule has 2 aliphatic rings. The zero-order valence-electron chi connectivity index (χ0n) is 8.19. The van der Waals surface area contributed by atoms with Crippen LogP contribution in [0.2, 0.25) is 0 Å². The van der Waals surface area contributed by atoms with Crippen LogP contribution in [0.5, 0.6) is 5.75 Å². The molecular formula is C12H15NO. The lowest BCUT2D eigenvalue weighted by molar-refractivity contribution is 0.296. The van der Waals surface area contributed by atoms with E-state index in [4.69, 9.17) is 0 Å². The Labute approximate surface area is 84.2 Å². The maximum Gasteiger partial charge on any atom is 0.115 e. The summed E-state index contributed by atoms with van der Waals surface area (Å²) in [7, 11) is 0. The van der Waals surface area contributed by atoms with Crippen molar-refractivity contribution in [2.45, 2.75) is 13.0 Å². The van der Waals surface area contributed by atoms with Crippen molar-refractivity contribution in [2.75, 3.05) is 13.1 Å². The van der Waals surface area contributed by atoms with E-state index in [-0.39, 0.29) is 0 Å². The highest BCUT2D eigenvalue weighted by Crippen LogP contribution is 2.45. The fourth-order valence-corrected chi connectivity index (χ4v) is 2.54. The van der Waals surface area contributed by atoms with Gasteiger partial charge in [-0.15, -0.1) is 0 Å². The van der Waals surface area contributed by atoms with E-state index in [1.165, 1.54) is 25.1 Å². The second kappa shape index (κ2) is 2.99. The molecule has 3 rings (SSSR count). The van der Waals surface area contributed by atoms with E-state index in [1.54, 1.807) is 6.07 Å². The summed E-state index contributed by atoms with van der Waals surface area (Å²) in [5.41, 5.74) is 1.23. The molecule has 0 amide bonds. The Morgan fingerprint density at radius 2 is 2.07 bits per heavy atom. The zero-order valence-corrected chi connectivity index (χ0v) is 8.19. The second-order valence-electron chi connectivity index (χ2n) is 4.62. The standard InChI is InChI=1S/C12H15NO/c14-12-3-1-2-9(4-12)6-13-7-10-5-11(10)8-13/h1-4,10-11,14H,5-8H2. The average molecular weight is 189 g/mol. The summed E-state index contributed by atoms with van der Waals surface area (Å²) in [6.07, 6.45) is 1.45. The van der Waals surface area contributed by atoms with Crippen LogP contribution in [0, 0.1) is 11.8 Å². The SMILES string of the molecule is Oc1cccc(CN2CC3CC3C2)c1. The van der Waals surface area contributed by atoms with Gasteiger partial charge in [0.15, 0.2) is 0 Å². The number of rotatable bonds is 2. The Bertz CT molecular complexity index is 340. The van der Waals surface area contributed by atoms with Gasteiger partial charge in [0.1, 0.15) is 5.75 Å². The van der Waals surface area contributed by atoms with Crippen LogP contribution in [0.4, 0.5) is 0 Å². The third-order valence-electron chi connectivity index (χ3n) is 3.37. The quantitative estimate of drug-likeness (QED) is 0.767. The summed E-state index contributed by atoms with van der Waals surface area (Å²) >= 11 is 0. The molecule has 14 heavy (non-hydrogen) atoms. The van der Waals surface area contributed by atoms with Crippen LogP contribution in [0.15, 0.2) is 24.3 Å². The van der Waals surface area contributed by atoms with Crippen molar-refractivity contribution < 1.29 is 5.11 Å². The first-order chi connectivity index (χ1) is 6.81. The third kappa shape index (κ3) is 1.50. The molecule has 2 unspecified atom stereocenters.